The van der Waals surface area contributed by atoms with Crippen LogP contribution in [0.15, 0.2) is 11.1 Å². The minimum Gasteiger partial charge on any atom is -0.402 e. The molecule has 48 heavy (non-hydrogen) atoms. The highest BCUT2D eigenvalue weighted by Gasteiger charge is 2.45. The highest BCUT2D eigenvalue weighted by molar-refractivity contribution is 6.36. The molecule has 1 aliphatic rings. The van der Waals surface area contributed by atoms with Crippen molar-refractivity contribution in [2.24, 2.45) is 4.99 Å². The maximum atomic E-state index is 15.3. The summed E-state index contributed by atoms with van der Waals surface area (Å²) in [7, 11) is -3.12. The molecular formula is C27H6BClF15NO3. The zero-order chi connectivity index (χ0) is 36.1. The minimum absolute atomic E-state index is 0.149. The van der Waals surface area contributed by atoms with Crippen LogP contribution in [0.5, 0.6) is 0 Å². The summed E-state index contributed by atoms with van der Waals surface area (Å²) in [4.78, 5) is 3.58. The molecule has 0 saturated carbocycles. The van der Waals surface area contributed by atoms with E-state index in [0.29, 0.717) is 6.92 Å². The summed E-state index contributed by atoms with van der Waals surface area (Å²) in [5.41, 5.74) is -14.7. The van der Waals surface area contributed by atoms with Gasteiger partial charge in [-0.1, -0.05) is 11.6 Å². The Morgan fingerprint density at radius 2 is 0.875 bits per heavy atom. The molecule has 0 saturated heterocycles. The lowest BCUT2D eigenvalue weighted by molar-refractivity contribution is 0.0863. The normalized spacial score (nSPS) is 15.7. The molecule has 5 rings (SSSR count). The Balaban J connectivity index is 2.19. The van der Waals surface area contributed by atoms with Crippen molar-refractivity contribution in [3.63, 3.8) is 0 Å². The molecule has 0 fully saturated rings. The van der Waals surface area contributed by atoms with E-state index in [4.69, 9.17) is 11.6 Å². The van der Waals surface area contributed by atoms with E-state index in [0.717, 1.165) is 0 Å². The molecule has 21 heteroatoms. The second kappa shape index (κ2) is 11.7. The first-order chi connectivity index (χ1) is 22.2. The molecule has 1 unspecified atom stereocenters. The van der Waals surface area contributed by atoms with Crippen LogP contribution in [0.2, 0.25) is 5.02 Å². The van der Waals surface area contributed by atoms with Gasteiger partial charge in [-0.25, -0.2) is 70.8 Å². The van der Waals surface area contributed by atoms with Gasteiger partial charge in [0.15, 0.2) is 75.5 Å². The molecule has 4 nitrogen and oxygen atoms in total. The van der Waals surface area contributed by atoms with Gasteiger partial charge >= 0.3 is 7.32 Å². The van der Waals surface area contributed by atoms with Crippen molar-refractivity contribution in [3.8, 4) is 22.3 Å². The number of nitrogens with zero attached hydrogens (tertiary/aromatic N) is 1. The van der Waals surface area contributed by atoms with E-state index in [9.17, 15) is 58.3 Å². The maximum absolute atomic E-state index is 15.3. The zero-order valence-electron chi connectivity index (χ0n) is 22.5. The van der Waals surface area contributed by atoms with Gasteiger partial charge in [0, 0.05) is 21.9 Å². The highest BCUT2D eigenvalue weighted by atomic mass is 35.5. The average Bonchev–Trinajstić information content (AvgIpc) is 3.30. The summed E-state index contributed by atoms with van der Waals surface area (Å²) >= 11 is 6.12. The van der Waals surface area contributed by atoms with E-state index >= 15 is 17.6 Å². The Labute approximate surface area is 259 Å². The number of hydrogen-bond acceptors (Lipinski definition) is 4. The number of fused-ring (bicyclic) bond motifs is 1. The average molecular weight is 724 g/mol. The van der Waals surface area contributed by atoms with Crippen LogP contribution in [0.25, 0.3) is 27.8 Å². The van der Waals surface area contributed by atoms with Gasteiger partial charge in [0.25, 0.3) is 0 Å². The molecule has 0 radical (unpaired) electrons. The van der Waals surface area contributed by atoms with Gasteiger partial charge in [0.1, 0.15) is 0 Å². The molecule has 4 aromatic carbocycles. The third kappa shape index (κ3) is 4.83. The molecule has 1 atom stereocenters. The van der Waals surface area contributed by atoms with E-state index in [1.165, 1.54) is 0 Å². The fraction of sp³-hybridized carbons (Fsp3) is 0.0741. The molecule has 1 heterocycles. The molecule has 0 bridgehead atoms. The fourth-order valence-corrected chi connectivity index (χ4v) is 5.40. The van der Waals surface area contributed by atoms with Gasteiger partial charge in [-0.3, -0.25) is 0 Å². The van der Waals surface area contributed by atoms with Crippen molar-refractivity contribution in [2.75, 3.05) is 0 Å². The highest BCUT2D eigenvalue weighted by Crippen LogP contribution is 2.44. The summed E-state index contributed by atoms with van der Waals surface area (Å²) < 4.78 is 224. The molecule has 1 aliphatic heterocycles. The van der Waals surface area contributed by atoms with E-state index in [2.05, 4.69) is 9.65 Å². The Morgan fingerprint density at radius 1 is 0.542 bits per heavy atom. The molecule has 0 amide bonds. The summed E-state index contributed by atoms with van der Waals surface area (Å²) in [6.07, 6.45) is 0. The van der Waals surface area contributed by atoms with Crippen LogP contribution in [0.1, 0.15) is 12.5 Å². The SMILES string of the molecule is CC1(OB(O)O)N=c2cc(-c3c(F)c(F)c(F)c(F)c3F)c(Cl)c(-c3c(F)c(F)c(F)c(F)c3F)c2=C1c1c(F)c(F)c(F)c(F)c1F. The molecule has 2 N–H and O–H groups in total. The molecule has 0 aromatic heterocycles. The van der Waals surface area contributed by atoms with Gasteiger partial charge in [-0.2, -0.15) is 0 Å². The summed E-state index contributed by atoms with van der Waals surface area (Å²) in [6, 6.07) is 0.149. The quantitative estimate of drug-likeness (QED) is 0.110. The standard InChI is InChI=1S/C27H6BClF15NO3/c1-27(48-28(46)47)10(9-16(34)22(40)26(44)23(41)17(9)35)6-4(45-27)2-3(5-12(30)18(36)24(42)19(37)13(5)31)11(29)7(6)8-14(32)20(38)25(43)21(39)15(8)33/h2,46-47H,1H3. The summed E-state index contributed by atoms with van der Waals surface area (Å²) in [6.45, 7) is 0.452. The van der Waals surface area contributed by atoms with Crippen LogP contribution in [-0.4, -0.2) is 23.1 Å². The van der Waals surface area contributed by atoms with Crippen molar-refractivity contribution >= 4 is 24.5 Å². The first-order valence-electron chi connectivity index (χ1n) is 12.3. The lowest BCUT2D eigenvalue weighted by Gasteiger charge is -2.27. The van der Waals surface area contributed by atoms with Crippen molar-refractivity contribution in [3.05, 3.63) is 114 Å². The second-order valence-electron chi connectivity index (χ2n) is 9.76. The van der Waals surface area contributed by atoms with Gasteiger partial charge in [-0.05, 0) is 13.0 Å². The Bertz CT molecular complexity index is 2160. The first-order valence-corrected chi connectivity index (χ1v) is 12.6. The molecular weight excluding hydrogens is 718 g/mol. The number of halogens is 16. The zero-order valence-corrected chi connectivity index (χ0v) is 23.2. The Morgan fingerprint density at radius 3 is 1.25 bits per heavy atom. The number of benzene rings is 4. The Hall–Kier alpha value is -4.27. The van der Waals surface area contributed by atoms with Crippen LogP contribution in [0.4, 0.5) is 65.9 Å². The van der Waals surface area contributed by atoms with Gasteiger partial charge in [0.2, 0.25) is 17.5 Å². The third-order valence-corrected chi connectivity index (χ3v) is 7.42. The van der Waals surface area contributed by atoms with Crippen molar-refractivity contribution in [1.82, 2.24) is 0 Å². The van der Waals surface area contributed by atoms with E-state index < -0.39 is 149 Å². The fourth-order valence-electron chi connectivity index (χ4n) is 5.06. The van der Waals surface area contributed by atoms with Gasteiger partial charge < -0.3 is 14.7 Å². The lowest BCUT2D eigenvalue weighted by Crippen LogP contribution is -2.37. The van der Waals surface area contributed by atoms with Crippen LogP contribution in [-0.2, 0) is 4.65 Å². The number of rotatable bonds is 5. The topological polar surface area (TPSA) is 62.0 Å². The predicted octanol–water partition coefficient (Wildman–Crippen LogP) is 6.30. The maximum Gasteiger partial charge on any atom is 0.635 e. The largest absolute Gasteiger partial charge is 0.635 e. The second-order valence-corrected chi connectivity index (χ2v) is 10.1. The van der Waals surface area contributed by atoms with E-state index in [-0.39, 0.29) is 6.07 Å². The minimum atomic E-state index is -3.24. The molecule has 0 aliphatic carbocycles. The van der Waals surface area contributed by atoms with Crippen molar-refractivity contribution in [2.45, 2.75) is 12.6 Å². The number of hydrogen-bond donors (Lipinski definition) is 2. The van der Waals surface area contributed by atoms with Crippen molar-refractivity contribution < 1.29 is 80.6 Å². The lowest BCUT2D eigenvalue weighted by atomic mass is 9.88. The van der Waals surface area contributed by atoms with Crippen molar-refractivity contribution in [1.29, 1.82) is 0 Å². The van der Waals surface area contributed by atoms with Crippen LogP contribution in [0.3, 0.4) is 0 Å². The molecule has 252 valence electrons. The Kier molecular flexibility index (Phi) is 8.55. The summed E-state index contributed by atoms with van der Waals surface area (Å²) in [5.74, 6) is -41.3. The smallest absolute Gasteiger partial charge is 0.402 e. The van der Waals surface area contributed by atoms with Gasteiger partial charge in [-0.15, -0.1) is 0 Å². The van der Waals surface area contributed by atoms with Crippen LogP contribution < -0.4 is 10.6 Å². The van der Waals surface area contributed by atoms with E-state index in [1.54, 1.807) is 0 Å². The third-order valence-electron chi connectivity index (χ3n) is 7.02. The molecule has 4 aromatic rings. The first kappa shape index (κ1) is 35.1. The van der Waals surface area contributed by atoms with E-state index in [1.807, 2.05) is 0 Å². The van der Waals surface area contributed by atoms with Crippen LogP contribution >= 0.6 is 11.6 Å². The van der Waals surface area contributed by atoms with Gasteiger partial charge in [0.05, 0.1) is 27.1 Å². The monoisotopic (exact) mass is 723 g/mol. The summed E-state index contributed by atoms with van der Waals surface area (Å²) in [5, 5.41) is 14.5. The molecule has 0 spiro atoms. The predicted molar refractivity (Wildman–Crippen MR) is 131 cm³/mol. The van der Waals surface area contributed by atoms with Crippen LogP contribution in [0, 0.1) is 87.3 Å².